The SMILES string of the molecule is CCOCc1nc(-c2ccc(OCC(O)CN(C)C)cc2)cn1-c1ccc(Oc2ccc(Cl)cc2)cc1. The van der Waals surface area contributed by atoms with Crippen LogP contribution in [-0.4, -0.2) is 59.5 Å². The molecule has 0 aliphatic carbocycles. The molecule has 194 valence electrons. The van der Waals surface area contributed by atoms with Crippen molar-refractivity contribution >= 4 is 11.6 Å². The van der Waals surface area contributed by atoms with E-state index in [1.54, 1.807) is 12.1 Å². The van der Waals surface area contributed by atoms with Crippen LogP contribution < -0.4 is 9.47 Å². The molecule has 0 saturated carbocycles. The smallest absolute Gasteiger partial charge is 0.140 e. The van der Waals surface area contributed by atoms with Crippen LogP contribution in [0.4, 0.5) is 0 Å². The Hall–Kier alpha value is -3.36. The van der Waals surface area contributed by atoms with Crippen LogP contribution in [0.15, 0.2) is 79.0 Å². The lowest BCUT2D eigenvalue weighted by Crippen LogP contribution is -2.30. The Labute approximate surface area is 222 Å². The molecule has 0 amide bonds. The molecule has 4 aromatic rings. The highest BCUT2D eigenvalue weighted by Crippen LogP contribution is 2.27. The van der Waals surface area contributed by atoms with Crippen LogP contribution >= 0.6 is 11.6 Å². The van der Waals surface area contributed by atoms with Gasteiger partial charge in [0.05, 0.1) is 5.69 Å². The van der Waals surface area contributed by atoms with E-state index in [9.17, 15) is 5.11 Å². The van der Waals surface area contributed by atoms with E-state index in [-0.39, 0.29) is 6.61 Å². The zero-order valence-electron chi connectivity index (χ0n) is 21.3. The number of halogens is 1. The van der Waals surface area contributed by atoms with Crippen molar-refractivity contribution in [2.24, 2.45) is 0 Å². The van der Waals surface area contributed by atoms with Gasteiger partial charge in [-0.1, -0.05) is 11.6 Å². The van der Waals surface area contributed by atoms with Crippen LogP contribution in [0.5, 0.6) is 17.2 Å². The lowest BCUT2D eigenvalue weighted by atomic mass is 10.1. The minimum Gasteiger partial charge on any atom is -0.491 e. The summed E-state index contributed by atoms with van der Waals surface area (Å²) in [4.78, 5) is 6.76. The van der Waals surface area contributed by atoms with Crippen molar-refractivity contribution in [3.05, 3.63) is 89.8 Å². The maximum atomic E-state index is 10.0. The summed E-state index contributed by atoms with van der Waals surface area (Å²) in [7, 11) is 3.83. The summed E-state index contributed by atoms with van der Waals surface area (Å²) in [5.41, 5.74) is 2.74. The van der Waals surface area contributed by atoms with E-state index in [2.05, 4.69) is 0 Å². The Morgan fingerprint density at radius 3 is 2.16 bits per heavy atom. The number of likely N-dealkylation sites (N-methyl/N-ethyl adjacent to an activating group) is 1. The van der Waals surface area contributed by atoms with Gasteiger partial charge in [0.15, 0.2) is 0 Å². The fraction of sp³-hybridized carbons (Fsp3) is 0.276. The van der Waals surface area contributed by atoms with Gasteiger partial charge in [-0.25, -0.2) is 4.98 Å². The van der Waals surface area contributed by atoms with Gasteiger partial charge >= 0.3 is 0 Å². The largest absolute Gasteiger partial charge is 0.491 e. The fourth-order valence-corrected chi connectivity index (χ4v) is 3.90. The van der Waals surface area contributed by atoms with E-state index in [1.807, 2.05) is 97.3 Å². The standard InChI is InChI=1S/C29H32ClN3O4/c1-4-35-20-29-31-28(21-5-11-25(12-6-21)36-19-24(34)17-32(2)3)18-33(29)23-9-15-27(16-10-23)37-26-13-7-22(30)8-14-26/h5-16,18,24,34H,4,17,19-20H2,1-3H3. The van der Waals surface area contributed by atoms with Crippen LogP contribution in [0, 0.1) is 0 Å². The maximum absolute atomic E-state index is 10.0. The normalized spacial score (nSPS) is 12.1. The zero-order valence-corrected chi connectivity index (χ0v) is 22.1. The predicted octanol–water partition coefficient (Wildman–Crippen LogP) is 5.82. The zero-order chi connectivity index (χ0) is 26.2. The molecule has 7 nitrogen and oxygen atoms in total. The molecule has 0 radical (unpaired) electrons. The van der Waals surface area contributed by atoms with Crippen molar-refractivity contribution in [3.63, 3.8) is 0 Å². The molecule has 1 atom stereocenters. The van der Waals surface area contributed by atoms with Crippen LogP contribution in [0.2, 0.25) is 5.02 Å². The van der Waals surface area contributed by atoms with E-state index >= 15 is 0 Å². The molecule has 1 unspecified atom stereocenters. The number of ether oxygens (including phenoxy) is 3. The van der Waals surface area contributed by atoms with Gasteiger partial charge in [-0.2, -0.15) is 0 Å². The Morgan fingerprint density at radius 1 is 0.919 bits per heavy atom. The molecule has 3 aromatic carbocycles. The number of rotatable bonds is 12. The second-order valence-corrected chi connectivity index (χ2v) is 9.29. The molecule has 1 heterocycles. The summed E-state index contributed by atoms with van der Waals surface area (Å²) in [6.07, 6.45) is 1.45. The van der Waals surface area contributed by atoms with Gasteiger partial charge in [0.2, 0.25) is 0 Å². The first-order valence-corrected chi connectivity index (χ1v) is 12.5. The van der Waals surface area contributed by atoms with E-state index in [0.29, 0.717) is 30.5 Å². The summed E-state index contributed by atoms with van der Waals surface area (Å²) in [6.45, 7) is 3.74. The molecule has 0 aliphatic heterocycles. The average Bonchev–Trinajstić information content (AvgIpc) is 3.32. The lowest BCUT2D eigenvalue weighted by Gasteiger charge is -2.16. The van der Waals surface area contributed by atoms with Crippen molar-refractivity contribution in [3.8, 4) is 34.2 Å². The summed E-state index contributed by atoms with van der Waals surface area (Å²) in [5, 5.41) is 10.7. The quantitative estimate of drug-likeness (QED) is 0.253. The third-order valence-electron chi connectivity index (χ3n) is 5.55. The third-order valence-corrected chi connectivity index (χ3v) is 5.80. The topological polar surface area (TPSA) is 69.0 Å². The minimum atomic E-state index is -0.547. The Bertz CT molecular complexity index is 1260. The minimum absolute atomic E-state index is 0.238. The highest BCUT2D eigenvalue weighted by molar-refractivity contribution is 6.30. The molecule has 0 fully saturated rings. The van der Waals surface area contributed by atoms with Gasteiger partial charge < -0.3 is 28.8 Å². The number of hydrogen-bond acceptors (Lipinski definition) is 6. The van der Waals surface area contributed by atoms with Gasteiger partial charge in [-0.3, -0.25) is 0 Å². The molecule has 0 bridgehead atoms. The summed E-state index contributed by atoms with van der Waals surface area (Å²) < 4.78 is 19.4. The number of aliphatic hydroxyl groups is 1. The molecule has 8 heteroatoms. The summed E-state index contributed by atoms with van der Waals surface area (Å²) in [6, 6.07) is 22.8. The fourth-order valence-electron chi connectivity index (χ4n) is 3.78. The lowest BCUT2D eigenvalue weighted by molar-refractivity contribution is 0.0831. The van der Waals surface area contributed by atoms with Gasteiger partial charge in [0.1, 0.15) is 42.4 Å². The van der Waals surface area contributed by atoms with E-state index in [1.165, 1.54) is 0 Å². The molecule has 37 heavy (non-hydrogen) atoms. The first-order valence-electron chi connectivity index (χ1n) is 12.2. The Morgan fingerprint density at radius 2 is 1.54 bits per heavy atom. The van der Waals surface area contributed by atoms with Crippen molar-refractivity contribution in [1.82, 2.24) is 14.5 Å². The van der Waals surface area contributed by atoms with Gasteiger partial charge in [-0.15, -0.1) is 0 Å². The van der Waals surface area contributed by atoms with E-state index < -0.39 is 6.10 Å². The molecule has 4 rings (SSSR count). The molecule has 0 saturated heterocycles. The van der Waals surface area contributed by atoms with Crippen LogP contribution in [-0.2, 0) is 11.3 Å². The van der Waals surface area contributed by atoms with Crippen molar-refractivity contribution < 1.29 is 19.3 Å². The number of aromatic nitrogens is 2. The Kier molecular flexibility index (Phi) is 9.19. The second-order valence-electron chi connectivity index (χ2n) is 8.85. The Balaban J connectivity index is 1.49. The maximum Gasteiger partial charge on any atom is 0.140 e. The average molecular weight is 522 g/mol. The number of imidazole rings is 1. The molecule has 1 aromatic heterocycles. The third kappa shape index (κ3) is 7.57. The molecule has 1 N–H and O–H groups in total. The van der Waals surface area contributed by atoms with Crippen molar-refractivity contribution in [2.75, 3.05) is 33.9 Å². The van der Waals surface area contributed by atoms with Crippen LogP contribution in [0.1, 0.15) is 12.7 Å². The molecular weight excluding hydrogens is 490 g/mol. The first-order chi connectivity index (χ1) is 17.9. The van der Waals surface area contributed by atoms with E-state index in [0.717, 1.165) is 34.3 Å². The van der Waals surface area contributed by atoms with Gasteiger partial charge in [0, 0.05) is 35.6 Å². The number of hydrogen-bond donors (Lipinski definition) is 1. The predicted molar refractivity (Wildman–Crippen MR) is 146 cm³/mol. The summed E-state index contributed by atoms with van der Waals surface area (Å²) in [5.74, 6) is 2.95. The first kappa shape index (κ1) is 26.7. The molecule has 0 spiro atoms. The van der Waals surface area contributed by atoms with Crippen molar-refractivity contribution in [2.45, 2.75) is 19.6 Å². The highest BCUT2D eigenvalue weighted by atomic mass is 35.5. The monoisotopic (exact) mass is 521 g/mol. The van der Waals surface area contributed by atoms with Gasteiger partial charge in [-0.05, 0) is 93.8 Å². The summed E-state index contributed by atoms with van der Waals surface area (Å²) >= 11 is 5.96. The number of benzene rings is 3. The van der Waals surface area contributed by atoms with Crippen molar-refractivity contribution in [1.29, 1.82) is 0 Å². The molecular formula is C29H32ClN3O4. The van der Waals surface area contributed by atoms with Crippen LogP contribution in [0.3, 0.4) is 0 Å². The number of nitrogens with zero attached hydrogens (tertiary/aromatic N) is 3. The second kappa shape index (κ2) is 12.7. The highest BCUT2D eigenvalue weighted by Gasteiger charge is 2.13. The van der Waals surface area contributed by atoms with Gasteiger partial charge in [0.25, 0.3) is 0 Å². The molecule has 0 aliphatic rings. The van der Waals surface area contributed by atoms with E-state index in [4.69, 9.17) is 30.8 Å². The van der Waals surface area contributed by atoms with Crippen LogP contribution in [0.25, 0.3) is 16.9 Å². The number of aliphatic hydroxyl groups excluding tert-OH is 1.